The molecule has 1 unspecified atom stereocenters. The van der Waals surface area contributed by atoms with E-state index in [0.717, 1.165) is 17.1 Å². The third-order valence-electron chi connectivity index (χ3n) is 5.93. The predicted octanol–water partition coefficient (Wildman–Crippen LogP) is 7.22. The van der Waals surface area contributed by atoms with Crippen LogP contribution in [0.1, 0.15) is 35.5 Å². The smallest absolute Gasteiger partial charge is 0.416 e. The van der Waals surface area contributed by atoms with Gasteiger partial charge in [0.1, 0.15) is 34.5 Å². The van der Waals surface area contributed by atoms with Gasteiger partial charge in [0.25, 0.3) is 0 Å². The Morgan fingerprint density at radius 2 is 2.02 bits per heavy atom. The molecule has 0 bridgehead atoms. The monoisotopic (exact) mass is 586 g/mol. The fourth-order valence-electron chi connectivity index (χ4n) is 3.97. The van der Waals surface area contributed by atoms with Gasteiger partial charge in [-0.25, -0.2) is 15.0 Å². The second kappa shape index (κ2) is 11.5. The van der Waals surface area contributed by atoms with E-state index in [1.807, 2.05) is 12.3 Å². The molecule has 40 heavy (non-hydrogen) atoms. The molecule has 0 radical (unpaired) electrons. The lowest BCUT2D eigenvalue weighted by molar-refractivity contribution is -0.137. The van der Waals surface area contributed by atoms with Gasteiger partial charge < -0.3 is 20.7 Å². The highest BCUT2D eigenvalue weighted by Crippen LogP contribution is 2.36. The van der Waals surface area contributed by atoms with Crippen molar-refractivity contribution in [2.45, 2.75) is 25.6 Å². The van der Waals surface area contributed by atoms with E-state index >= 15 is 0 Å². The number of fused-ring (bicyclic) bond motifs is 1. The number of halogens is 4. The summed E-state index contributed by atoms with van der Waals surface area (Å²) in [5, 5.41) is 12.2. The molecule has 2 aromatic carbocycles. The standard InChI is InChI=1S/C27H22ClF3N6O2S/c1-15(26-33-9-10-40-26)36-25(38)16-7-8-32-23-20(11-16)24(35-14-34-23)37-18-5-6-22(21(28)13-18)39-19-4-2-3-17(12-19)27(29,30)31/h2-6,9-15H,7-8H2,1H3,(H,36,38)(H2,32,34,35,37). The number of carbonyl (C=O) groups is 1. The molecule has 1 atom stereocenters. The molecular formula is C27H22ClF3N6O2S. The van der Waals surface area contributed by atoms with E-state index in [9.17, 15) is 18.0 Å². The van der Waals surface area contributed by atoms with Crippen LogP contribution in [0.5, 0.6) is 11.5 Å². The summed E-state index contributed by atoms with van der Waals surface area (Å²) in [6.07, 6.45) is 0.813. The van der Waals surface area contributed by atoms with Gasteiger partial charge >= 0.3 is 6.18 Å². The van der Waals surface area contributed by atoms with Gasteiger partial charge in [-0.15, -0.1) is 11.3 Å². The average Bonchev–Trinajstić information content (AvgIpc) is 3.37. The number of hydrogen-bond acceptors (Lipinski definition) is 8. The number of amides is 1. The lowest BCUT2D eigenvalue weighted by Crippen LogP contribution is -2.28. The van der Waals surface area contributed by atoms with Crippen LogP contribution in [0.25, 0.3) is 6.08 Å². The minimum absolute atomic E-state index is 0.00440. The summed E-state index contributed by atoms with van der Waals surface area (Å²) in [5.41, 5.74) is 0.863. The maximum atomic E-state index is 13.1. The van der Waals surface area contributed by atoms with Crippen molar-refractivity contribution >= 4 is 52.2 Å². The zero-order chi connectivity index (χ0) is 28.3. The van der Waals surface area contributed by atoms with Gasteiger partial charge in [-0.1, -0.05) is 17.7 Å². The number of thiazole rings is 1. The lowest BCUT2D eigenvalue weighted by Gasteiger charge is -2.14. The largest absolute Gasteiger partial charge is 0.456 e. The molecule has 8 nitrogen and oxygen atoms in total. The number of nitrogens with one attached hydrogen (secondary N) is 3. The van der Waals surface area contributed by atoms with Crippen molar-refractivity contribution in [3.05, 3.63) is 87.1 Å². The van der Waals surface area contributed by atoms with Crippen LogP contribution in [0.4, 0.5) is 30.5 Å². The molecule has 4 aromatic rings. The van der Waals surface area contributed by atoms with Crippen LogP contribution >= 0.6 is 22.9 Å². The molecule has 0 saturated heterocycles. The normalized spacial score (nSPS) is 13.8. The zero-order valence-electron chi connectivity index (χ0n) is 20.9. The van der Waals surface area contributed by atoms with E-state index in [1.165, 1.54) is 35.9 Å². The molecule has 2 aromatic heterocycles. The Kier molecular flexibility index (Phi) is 7.90. The molecule has 0 aliphatic carbocycles. The number of ether oxygens (including phenoxy) is 1. The lowest BCUT2D eigenvalue weighted by atomic mass is 10.1. The van der Waals surface area contributed by atoms with Crippen LogP contribution in [0, 0.1) is 0 Å². The topological polar surface area (TPSA) is 101 Å². The second-order valence-electron chi connectivity index (χ2n) is 8.79. The third kappa shape index (κ3) is 6.35. The molecule has 1 aliphatic heterocycles. The van der Waals surface area contributed by atoms with E-state index in [-0.39, 0.29) is 28.5 Å². The van der Waals surface area contributed by atoms with E-state index in [1.54, 1.807) is 24.4 Å². The zero-order valence-corrected chi connectivity index (χ0v) is 22.5. The van der Waals surface area contributed by atoms with E-state index in [2.05, 4.69) is 30.9 Å². The molecule has 3 N–H and O–H groups in total. The molecule has 13 heteroatoms. The fraction of sp³-hybridized carbons (Fsp3) is 0.185. The summed E-state index contributed by atoms with van der Waals surface area (Å²) in [6.45, 7) is 2.38. The Morgan fingerprint density at radius 3 is 2.77 bits per heavy atom. The molecule has 5 rings (SSSR count). The van der Waals surface area contributed by atoms with Crippen LogP contribution in [0.15, 0.2) is 65.9 Å². The van der Waals surface area contributed by atoms with Crippen LogP contribution in [-0.2, 0) is 11.0 Å². The minimum Gasteiger partial charge on any atom is -0.456 e. The quantitative estimate of drug-likeness (QED) is 0.210. The highest BCUT2D eigenvalue weighted by atomic mass is 35.5. The second-order valence-corrected chi connectivity index (χ2v) is 10.1. The molecule has 1 amide bonds. The minimum atomic E-state index is -4.49. The molecular weight excluding hydrogens is 565 g/mol. The van der Waals surface area contributed by atoms with Gasteiger partial charge in [-0.2, -0.15) is 13.2 Å². The molecule has 1 aliphatic rings. The third-order valence-corrected chi connectivity index (χ3v) is 7.19. The Balaban J connectivity index is 1.35. The first-order chi connectivity index (χ1) is 19.2. The van der Waals surface area contributed by atoms with Crippen molar-refractivity contribution in [2.24, 2.45) is 0 Å². The number of rotatable bonds is 7. The fourth-order valence-corrected chi connectivity index (χ4v) is 4.84. The number of carbonyl (C=O) groups excluding carboxylic acids is 1. The SMILES string of the molecule is CC(NC(=O)C1=Cc2c(ncnc2Nc2ccc(Oc3cccc(C(F)(F)F)c3)c(Cl)c2)NCC1)c1nccs1. The van der Waals surface area contributed by atoms with Gasteiger partial charge in [0.2, 0.25) is 5.91 Å². The molecule has 0 fully saturated rings. The molecule has 206 valence electrons. The van der Waals surface area contributed by atoms with Gasteiger partial charge in [0.15, 0.2) is 0 Å². The Bertz CT molecular complexity index is 1560. The van der Waals surface area contributed by atoms with Crippen molar-refractivity contribution in [3.63, 3.8) is 0 Å². The van der Waals surface area contributed by atoms with Gasteiger partial charge in [-0.3, -0.25) is 4.79 Å². The van der Waals surface area contributed by atoms with Crippen molar-refractivity contribution in [1.82, 2.24) is 20.3 Å². The van der Waals surface area contributed by atoms with Gasteiger partial charge in [0.05, 0.1) is 22.2 Å². The number of benzene rings is 2. The van der Waals surface area contributed by atoms with Gasteiger partial charge in [0, 0.05) is 29.4 Å². The Hall–Kier alpha value is -4.16. The maximum absolute atomic E-state index is 13.1. The summed E-state index contributed by atoms with van der Waals surface area (Å²) in [7, 11) is 0. The highest BCUT2D eigenvalue weighted by molar-refractivity contribution is 7.09. The first-order valence-electron chi connectivity index (χ1n) is 12.1. The molecule has 3 heterocycles. The van der Waals surface area contributed by atoms with Crippen LogP contribution < -0.4 is 20.7 Å². The summed E-state index contributed by atoms with van der Waals surface area (Å²) >= 11 is 7.87. The number of aromatic nitrogens is 3. The Morgan fingerprint density at radius 1 is 1.18 bits per heavy atom. The van der Waals surface area contributed by atoms with Crippen molar-refractivity contribution in [3.8, 4) is 11.5 Å². The number of nitrogens with zero attached hydrogens (tertiary/aromatic N) is 3. The van der Waals surface area contributed by atoms with Crippen LogP contribution in [0.3, 0.4) is 0 Å². The van der Waals surface area contributed by atoms with Crippen LogP contribution in [0.2, 0.25) is 5.02 Å². The summed E-state index contributed by atoms with van der Waals surface area (Å²) in [4.78, 5) is 26.0. The van der Waals surface area contributed by atoms with E-state index in [0.29, 0.717) is 41.4 Å². The highest BCUT2D eigenvalue weighted by Gasteiger charge is 2.30. The predicted molar refractivity (Wildman–Crippen MR) is 148 cm³/mol. The number of alkyl halides is 3. The van der Waals surface area contributed by atoms with Crippen molar-refractivity contribution in [1.29, 1.82) is 0 Å². The van der Waals surface area contributed by atoms with E-state index < -0.39 is 11.7 Å². The number of anilines is 3. The van der Waals surface area contributed by atoms with Crippen molar-refractivity contribution in [2.75, 3.05) is 17.2 Å². The van der Waals surface area contributed by atoms with Crippen molar-refractivity contribution < 1.29 is 22.7 Å². The summed E-state index contributed by atoms with van der Waals surface area (Å²) in [6, 6.07) is 9.06. The van der Waals surface area contributed by atoms with Crippen LogP contribution in [-0.4, -0.2) is 27.4 Å². The summed E-state index contributed by atoms with van der Waals surface area (Å²) in [5.74, 6) is 0.961. The molecule has 0 spiro atoms. The summed E-state index contributed by atoms with van der Waals surface area (Å²) < 4.78 is 44.7. The number of hydrogen-bond donors (Lipinski definition) is 3. The Labute approximate surface area is 236 Å². The molecule has 0 saturated carbocycles. The first-order valence-corrected chi connectivity index (χ1v) is 13.3. The first kappa shape index (κ1) is 27.4. The van der Waals surface area contributed by atoms with E-state index in [4.69, 9.17) is 16.3 Å². The maximum Gasteiger partial charge on any atom is 0.416 e. The van der Waals surface area contributed by atoms with Gasteiger partial charge in [-0.05, 0) is 55.8 Å². The average molecular weight is 587 g/mol.